The number of anilines is 1. The van der Waals surface area contributed by atoms with E-state index in [0.717, 1.165) is 11.3 Å². The summed E-state index contributed by atoms with van der Waals surface area (Å²) >= 11 is 0. The van der Waals surface area contributed by atoms with E-state index in [9.17, 15) is 14.9 Å². The fourth-order valence-electron chi connectivity index (χ4n) is 3.25. The molecule has 8 heteroatoms. The van der Waals surface area contributed by atoms with Gasteiger partial charge in [-0.25, -0.2) is 4.79 Å². The number of urea groups is 1. The smallest absolute Gasteiger partial charge is 0.317 e. The van der Waals surface area contributed by atoms with Crippen LogP contribution >= 0.6 is 0 Å². The number of nitro groups is 1. The van der Waals surface area contributed by atoms with Gasteiger partial charge in [0.15, 0.2) is 0 Å². The van der Waals surface area contributed by atoms with E-state index in [1.54, 1.807) is 24.1 Å². The van der Waals surface area contributed by atoms with Gasteiger partial charge in [0, 0.05) is 57.7 Å². The first-order valence-electron chi connectivity index (χ1n) is 9.18. The molecule has 0 aliphatic carbocycles. The van der Waals surface area contributed by atoms with Crippen molar-refractivity contribution in [3.8, 4) is 0 Å². The van der Waals surface area contributed by atoms with Crippen LogP contribution in [0, 0.1) is 10.1 Å². The number of hydrogen-bond acceptors (Lipinski definition) is 5. The Hall–Kier alpha value is -3.13. The minimum atomic E-state index is -0.408. The fraction of sp³-hybridized carbons (Fsp3) is 0.350. The number of rotatable bonds is 6. The molecule has 28 heavy (non-hydrogen) atoms. The Bertz CT molecular complexity index is 790. The Balaban J connectivity index is 1.49. The van der Waals surface area contributed by atoms with Crippen molar-refractivity contribution in [2.75, 3.05) is 44.7 Å². The largest absolute Gasteiger partial charge is 0.375 e. The molecule has 1 atom stereocenters. The second-order valence-electron chi connectivity index (χ2n) is 6.57. The number of non-ortho nitro benzene ring substituents is 1. The van der Waals surface area contributed by atoms with Crippen LogP contribution in [0.2, 0.25) is 0 Å². The average molecular weight is 384 g/mol. The quantitative estimate of drug-likeness (QED) is 0.611. The van der Waals surface area contributed by atoms with Gasteiger partial charge in [0.2, 0.25) is 0 Å². The number of ether oxygens (including phenoxy) is 1. The molecule has 0 saturated carbocycles. The van der Waals surface area contributed by atoms with Gasteiger partial charge in [-0.15, -0.1) is 0 Å². The highest BCUT2D eigenvalue weighted by Crippen LogP contribution is 2.21. The molecule has 1 fully saturated rings. The average Bonchev–Trinajstić information content (AvgIpc) is 2.75. The normalized spacial score (nSPS) is 15.2. The van der Waals surface area contributed by atoms with E-state index in [1.165, 1.54) is 12.1 Å². The van der Waals surface area contributed by atoms with Crippen LogP contribution in [0.5, 0.6) is 0 Å². The minimum absolute atomic E-state index is 0.0767. The third kappa shape index (κ3) is 4.77. The van der Waals surface area contributed by atoms with Gasteiger partial charge in [0.05, 0.1) is 11.0 Å². The Labute approximate surface area is 163 Å². The van der Waals surface area contributed by atoms with Crippen LogP contribution < -0.4 is 10.2 Å². The van der Waals surface area contributed by atoms with E-state index < -0.39 is 4.92 Å². The van der Waals surface area contributed by atoms with Crippen molar-refractivity contribution >= 4 is 17.4 Å². The summed E-state index contributed by atoms with van der Waals surface area (Å²) in [6.45, 7) is 2.94. The van der Waals surface area contributed by atoms with Crippen LogP contribution in [-0.2, 0) is 4.74 Å². The SMILES string of the molecule is COC(CNC(=O)N1CCN(c2ccc([N+](=O)[O-])cc2)CC1)c1ccccc1. The standard InChI is InChI=1S/C20H24N4O4/c1-28-19(16-5-3-2-4-6-16)15-21-20(25)23-13-11-22(12-14-23)17-7-9-18(10-8-17)24(26)27/h2-10,19H,11-15H2,1H3,(H,21,25). The number of benzene rings is 2. The third-order valence-electron chi connectivity index (χ3n) is 4.89. The van der Waals surface area contributed by atoms with Crippen LogP contribution in [0.1, 0.15) is 11.7 Å². The van der Waals surface area contributed by atoms with Crippen molar-refractivity contribution < 1.29 is 14.5 Å². The van der Waals surface area contributed by atoms with Crippen LogP contribution in [0.25, 0.3) is 0 Å². The van der Waals surface area contributed by atoms with Crippen molar-refractivity contribution in [3.05, 3.63) is 70.3 Å². The molecule has 0 aromatic heterocycles. The van der Waals surface area contributed by atoms with Gasteiger partial charge in [0.25, 0.3) is 5.69 Å². The van der Waals surface area contributed by atoms with Crippen LogP contribution in [-0.4, -0.2) is 55.7 Å². The maximum Gasteiger partial charge on any atom is 0.317 e. The molecule has 148 valence electrons. The molecule has 8 nitrogen and oxygen atoms in total. The summed E-state index contributed by atoms with van der Waals surface area (Å²) in [7, 11) is 1.63. The molecule has 2 amide bonds. The topological polar surface area (TPSA) is 88.0 Å². The predicted molar refractivity (Wildman–Crippen MR) is 106 cm³/mol. The van der Waals surface area contributed by atoms with Gasteiger partial charge in [-0.2, -0.15) is 0 Å². The molecule has 1 saturated heterocycles. The summed E-state index contributed by atoms with van der Waals surface area (Å²) in [5.41, 5.74) is 2.02. The van der Waals surface area contributed by atoms with Crippen molar-refractivity contribution in [2.45, 2.75) is 6.10 Å². The Kier molecular flexibility index (Phi) is 6.44. The molecular weight excluding hydrogens is 360 g/mol. The third-order valence-corrected chi connectivity index (χ3v) is 4.89. The lowest BCUT2D eigenvalue weighted by atomic mass is 10.1. The lowest BCUT2D eigenvalue weighted by molar-refractivity contribution is -0.384. The zero-order chi connectivity index (χ0) is 19.9. The lowest BCUT2D eigenvalue weighted by Crippen LogP contribution is -2.52. The second kappa shape index (κ2) is 9.18. The van der Waals surface area contributed by atoms with Gasteiger partial charge in [0.1, 0.15) is 0 Å². The number of piperazine rings is 1. The summed E-state index contributed by atoms with van der Waals surface area (Å²) in [5, 5.41) is 13.7. The molecule has 1 N–H and O–H groups in total. The molecule has 1 aliphatic heterocycles. The summed E-state index contributed by atoms with van der Waals surface area (Å²) in [6, 6.07) is 16.2. The number of carbonyl (C=O) groups excluding carboxylic acids is 1. The number of nitrogens with one attached hydrogen (secondary N) is 1. The zero-order valence-corrected chi connectivity index (χ0v) is 15.8. The predicted octanol–water partition coefficient (Wildman–Crippen LogP) is 2.81. The number of methoxy groups -OCH3 is 1. The molecule has 3 rings (SSSR count). The zero-order valence-electron chi connectivity index (χ0n) is 15.8. The first kappa shape index (κ1) is 19.6. The van der Waals surface area contributed by atoms with Gasteiger partial charge < -0.3 is 19.9 Å². The van der Waals surface area contributed by atoms with Crippen LogP contribution in [0.15, 0.2) is 54.6 Å². The first-order valence-corrected chi connectivity index (χ1v) is 9.18. The lowest BCUT2D eigenvalue weighted by Gasteiger charge is -2.36. The summed E-state index contributed by atoms with van der Waals surface area (Å²) < 4.78 is 5.49. The molecule has 0 spiro atoms. The summed E-state index contributed by atoms with van der Waals surface area (Å²) in [4.78, 5) is 26.7. The molecule has 1 aliphatic rings. The number of nitro benzene ring substituents is 1. The highest BCUT2D eigenvalue weighted by Gasteiger charge is 2.22. The highest BCUT2D eigenvalue weighted by atomic mass is 16.6. The second-order valence-corrected chi connectivity index (χ2v) is 6.57. The van der Waals surface area contributed by atoms with Gasteiger partial charge in [-0.1, -0.05) is 30.3 Å². The monoisotopic (exact) mass is 384 g/mol. The summed E-state index contributed by atoms with van der Waals surface area (Å²) in [5.74, 6) is 0. The first-order chi connectivity index (χ1) is 13.6. The highest BCUT2D eigenvalue weighted by molar-refractivity contribution is 5.74. The van der Waals surface area contributed by atoms with Crippen molar-refractivity contribution in [2.24, 2.45) is 0 Å². The Morgan fingerprint density at radius 3 is 2.32 bits per heavy atom. The van der Waals surface area contributed by atoms with E-state index in [2.05, 4.69) is 10.2 Å². The Morgan fingerprint density at radius 1 is 1.11 bits per heavy atom. The number of carbonyl (C=O) groups is 1. The molecule has 1 heterocycles. The summed E-state index contributed by atoms with van der Waals surface area (Å²) in [6.07, 6.45) is -0.188. The molecule has 1 unspecified atom stereocenters. The number of hydrogen-bond donors (Lipinski definition) is 1. The molecular formula is C20H24N4O4. The van der Waals surface area contributed by atoms with E-state index in [-0.39, 0.29) is 17.8 Å². The molecule has 0 radical (unpaired) electrons. The molecule has 2 aromatic carbocycles. The van der Waals surface area contributed by atoms with Crippen molar-refractivity contribution in [1.29, 1.82) is 0 Å². The van der Waals surface area contributed by atoms with Gasteiger partial charge in [-0.3, -0.25) is 10.1 Å². The van der Waals surface area contributed by atoms with Crippen LogP contribution in [0.4, 0.5) is 16.2 Å². The minimum Gasteiger partial charge on any atom is -0.375 e. The number of amides is 2. The van der Waals surface area contributed by atoms with E-state index in [1.807, 2.05) is 30.3 Å². The molecule has 2 aromatic rings. The van der Waals surface area contributed by atoms with Gasteiger partial charge in [-0.05, 0) is 17.7 Å². The van der Waals surface area contributed by atoms with E-state index >= 15 is 0 Å². The van der Waals surface area contributed by atoms with E-state index in [4.69, 9.17) is 4.74 Å². The molecule has 0 bridgehead atoms. The Morgan fingerprint density at radius 2 is 1.75 bits per heavy atom. The van der Waals surface area contributed by atoms with Crippen molar-refractivity contribution in [1.82, 2.24) is 10.2 Å². The van der Waals surface area contributed by atoms with Crippen molar-refractivity contribution in [3.63, 3.8) is 0 Å². The fourth-order valence-corrected chi connectivity index (χ4v) is 3.25. The van der Waals surface area contributed by atoms with Gasteiger partial charge >= 0.3 is 6.03 Å². The maximum absolute atomic E-state index is 12.5. The van der Waals surface area contributed by atoms with E-state index in [0.29, 0.717) is 32.7 Å². The number of nitrogens with zero attached hydrogens (tertiary/aromatic N) is 3. The maximum atomic E-state index is 12.5. The van der Waals surface area contributed by atoms with Crippen LogP contribution in [0.3, 0.4) is 0 Å².